The van der Waals surface area contributed by atoms with Gasteiger partial charge in [0, 0.05) is 23.0 Å². The van der Waals surface area contributed by atoms with Gasteiger partial charge in [0.2, 0.25) is 5.91 Å². The number of carbonyl (C=O) groups is 1. The van der Waals surface area contributed by atoms with Gasteiger partial charge in [-0.15, -0.1) is 0 Å². The van der Waals surface area contributed by atoms with Gasteiger partial charge in [0.25, 0.3) is 0 Å². The van der Waals surface area contributed by atoms with Crippen LogP contribution in [0.2, 0.25) is 5.02 Å². The normalized spacial score (nSPS) is 16.4. The van der Waals surface area contributed by atoms with Gasteiger partial charge in [-0.1, -0.05) is 53.3 Å². The van der Waals surface area contributed by atoms with Crippen LogP contribution in [0, 0.1) is 0 Å². The topological polar surface area (TPSA) is 54.0 Å². The van der Waals surface area contributed by atoms with Crippen molar-refractivity contribution in [3.05, 3.63) is 70.1 Å². The van der Waals surface area contributed by atoms with Crippen LogP contribution in [0.5, 0.6) is 0 Å². The lowest BCUT2D eigenvalue weighted by Gasteiger charge is -2.21. The molecule has 1 atom stereocenters. The second kappa shape index (κ2) is 6.26. The van der Waals surface area contributed by atoms with Gasteiger partial charge in [-0.3, -0.25) is 4.79 Å². The number of nitrogens with one attached hydrogen (secondary N) is 2. The molecule has 0 saturated carbocycles. The molecule has 1 aromatic heterocycles. The summed E-state index contributed by atoms with van der Waals surface area (Å²) in [4.78, 5) is 17.7. The van der Waals surface area contributed by atoms with E-state index in [4.69, 9.17) is 11.6 Å². The lowest BCUT2D eigenvalue weighted by atomic mass is 9.92. The number of aromatic nitrogens is 1. The van der Waals surface area contributed by atoms with Gasteiger partial charge >= 0.3 is 0 Å². The van der Waals surface area contributed by atoms with Gasteiger partial charge in [-0.25, -0.2) is 4.98 Å². The Morgan fingerprint density at radius 3 is 2.79 bits per heavy atom. The van der Waals surface area contributed by atoms with E-state index in [1.54, 1.807) is 11.3 Å². The van der Waals surface area contributed by atoms with Gasteiger partial charge in [-0.2, -0.15) is 0 Å². The zero-order chi connectivity index (χ0) is 16.5. The molecule has 0 fully saturated rings. The van der Waals surface area contributed by atoms with E-state index in [2.05, 4.69) is 15.6 Å². The molecule has 0 saturated heterocycles. The van der Waals surface area contributed by atoms with Crippen molar-refractivity contribution in [2.24, 2.45) is 0 Å². The number of halogens is 1. The van der Waals surface area contributed by atoms with Crippen LogP contribution in [0.3, 0.4) is 0 Å². The molecule has 1 aliphatic heterocycles. The van der Waals surface area contributed by atoms with Gasteiger partial charge in [0.05, 0.1) is 4.88 Å². The molecule has 120 valence electrons. The van der Waals surface area contributed by atoms with Gasteiger partial charge < -0.3 is 10.6 Å². The number of thiazole rings is 1. The summed E-state index contributed by atoms with van der Waals surface area (Å²) in [6.45, 7) is 0. The Kier molecular flexibility index (Phi) is 3.96. The SMILES string of the molecule is O=C1C[C@H](c2cccc(Cl)c2)c2sc(Nc3ccccc3)nc2N1. The number of amides is 1. The molecule has 0 radical (unpaired) electrons. The van der Waals surface area contributed by atoms with Crippen LogP contribution < -0.4 is 10.6 Å². The van der Waals surface area contributed by atoms with Crippen molar-refractivity contribution in [2.75, 3.05) is 10.6 Å². The van der Waals surface area contributed by atoms with E-state index < -0.39 is 0 Å². The molecule has 4 nitrogen and oxygen atoms in total. The molecule has 6 heteroatoms. The van der Waals surface area contributed by atoms with Crippen molar-refractivity contribution in [3.8, 4) is 0 Å². The van der Waals surface area contributed by atoms with E-state index in [0.717, 1.165) is 21.3 Å². The molecule has 2 heterocycles. The fourth-order valence-electron chi connectivity index (χ4n) is 2.81. The second-order valence-electron chi connectivity index (χ2n) is 5.58. The van der Waals surface area contributed by atoms with Crippen LogP contribution in [0.25, 0.3) is 0 Å². The Morgan fingerprint density at radius 2 is 2.00 bits per heavy atom. The number of nitrogens with zero attached hydrogens (tertiary/aromatic N) is 1. The van der Waals surface area contributed by atoms with Crippen molar-refractivity contribution >= 4 is 45.5 Å². The zero-order valence-electron chi connectivity index (χ0n) is 12.6. The number of anilines is 3. The maximum atomic E-state index is 12.1. The minimum Gasteiger partial charge on any atom is -0.331 e. The Morgan fingerprint density at radius 1 is 1.17 bits per heavy atom. The molecular formula is C18H14ClN3OS. The van der Waals surface area contributed by atoms with E-state index in [0.29, 0.717) is 17.3 Å². The number of hydrogen-bond acceptors (Lipinski definition) is 4. The third-order valence-electron chi connectivity index (χ3n) is 3.89. The zero-order valence-corrected chi connectivity index (χ0v) is 14.2. The Balaban J connectivity index is 1.70. The molecular weight excluding hydrogens is 342 g/mol. The first-order valence-corrected chi connectivity index (χ1v) is 8.76. The number of benzene rings is 2. The summed E-state index contributed by atoms with van der Waals surface area (Å²) in [5.41, 5.74) is 2.00. The first-order valence-electron chi connectivity index (χ1n) is 7.57. The summed E-state index contributed by atoms with van der Waals surface area (Å²) in [6, 6.07) is 17.5. The molecule has 0 unspecified atom stereocenters. The van der Waals surface area contributed by atoms with Crippen LogP contribution in [-0.2, 0) is 4.79 Å². The Bertz CT molecular complexity index is 894. The predicted octanol–water partition coefficient (Wildman–Crippen LogP) is 5.01. The summed E-state index contributed by atoms with van der Waals surface area (Å²) in [6.07, 6.45) is 0.403. The molecule has 0 bridgehead atoms. The van der Waals surface area contributed by atoms with E-state index in [1.807, 2.05) is 54.6 Å². The van der Waals surface area contributed by atoms with E-state index in [9.17, 15) is 4.79 Å². The highest BCUT2D eigenvalue weighted by Gasteiger charge is 2.30. The molecule has 2 aromatic carbocycles. The predicted molar refractivity (Wildman–Crippen MR) is 98.4 cm³/mol. The van der Waals surface area contributed by atoms with Gasteiger partial charge in [0.1, 0.15) is 5.82 Å². The fourth-order valence-corrected chi connectivity index (χ4v) is 4.08. The molecule has 4 rings (SSSR count). The fraction of sp³-hybridized carbons (Fsp3) is 0.111. The average Bonchev–Trinajstić information content (AvgIpc) is 2.97. The van der Waals surface area contributed by atoms with Crippen molar-refractivity contribution in [1.82, 2.24) is 4.98 Å². The molecule has 0 aliphatic carbocycles. The summed E-state index contributed by atoms with van der Waals surface area (Å²) in [7, 11) is 0. The smallest absolute Gasteiger partial charge is 0.226 e. The maximum Gasteiger partial charge on any atom is 0.226 e. The van der Waals surface area contributed by atoms with Crippen LogP contribution in [0.1, 0.15) is 22.8 Å². The summed E-state index contributed by atoms with van der Waals surface area (Å²) >= 11 is 7.68. The highest BCUT2D eigenvalue weighted by molar-refractivity contribution is 7.16. The highest BCUT2D eigenvalue weighted by atomic mass is 35.5. The molecule has 24 heavy (non-hydrogen) atoms. The van der Waals surface area contributed by atoms with Gasteiger partial charge in [0.15, 0.2) is 5.13 Å². The van der Waals surface area contributed by atoms with E-state index in [-0.39, 0.29) is 11.8 Å². The van der Waals surface area contributed by atoms with Crippen LogP contribution >= 0.6 is 22.9 Å². The maximum absolute atomic E-state index is 12.1. The first kappa shape index (κ1) is 15.2. The van der Waals surface area contributed by atoms with Crippen molar-refractivity contribution in [2.45, 2.75) is 12.3 Å². The third-order valence-corrected chi connectivity index (χ3v) is 5.21. The number of carbonyl (C=O) groups excluding carboxylic acids is 1. The van der Waals surface area contributed by atoms with Crippen LogP contribution in [0.4, 0.5) is 16.6 Å². The molecule has 3 aromatic rings. The highest BCUT2D eigenvalue weighted by Crippen LogP contribution is 2.43. The van der Waals surface area contributed by atoms with Crippen LogP contribution in [-0.4, -0.2) is 10.9 Å². The van der Waals surface area contributed by atoms with E-state index >= 15 is 0 Å². The quantitative estimate of drug-likeness (QED) is 0.694. The molecule has 1 amide bonds. The summed E-state index contributed by atoms with van der Waals surface area (Å²) in [5, 5.41) is 7.59. The van der Waals surface area contributed by atoms with Gasteiger partial charge in [-0.05, 0) is 29.8 Å². The monoisotopic (exact) mass is 355 g/mol. The first-order chi connectivity index (χ1) is 11.7. The molecule has 2 N–H and O–H groups in total. The Hall–Kier alpha value is -2.37. The number of fused-ring (bicyclic) bond motifs is 1. The summed E-state index contributed by atoms with van der Waals surface area (Å²) in [5.74, 6) is 0.597. The van der Waals surface area contributed by atoms with Crippen molar-refractivity contribution in [1.29, 1.82) is 0 Å². The lowest BCUT2D eigenvalue weighted by Crippen LogP contribution is -2.22. The average molecular weight is 356 g/mol. The second-order valence-corrected chi connectivity index (χ2v) is 7.05. The standard InChI is InChI=1S/C18H14ClN3OS/c19-12-6-4-5-11(9-12)14-10-15(23)21-17-16(14)24-18(22-17)20-13-7-2-1-3-8-13/h1-9,14H,10H2,(H,20,22)(H,21,23)/t14-/m1/s1. The number of rotatable bonds is 3. The number of hydrogen-bond donors (Lipinski definition) is 2. The number of para-hydroxylation sites is 1. The van der Waals surface area contributed by atoms with Crippen LogP contribution in [0.15, 0.2) is 54.6 Å². The summed E-state index contributed by atoms with van der Waals surface area (Å²) < 4.78 is 0. The minimum absolute atomic E-state index is 0.0173. The lowest BCUT2D eigenvalue weighted by molar-refractivity contribution is -0.116. The molecule has 1 aliphatic rings. The largest absolute Gasteiger partial charge is 0.331 e. The van der Waals surface area contributed by atoms with Crippen molar-refractivity contribution < 1.29 is 4.79 Å². The minimum atomic E-state index is -0.0240. The Labute approximate surface area is 148 Å². The van der Waals surface area contributed by atoms with E-state index in [1.165, 1.54) is 0 Å². The third kappa shape index (κ3) is 3.00. The van der Waals surface area contributed by atoms with Crippen molar-refractivity contribution in [3.63, 3.8) is 0 Å². The molecule has 0 spiro atoms.